The molecule has 0 bridgehead atoms. The highest BCUT2D eigenvalue weighted by molar-refractivity contribution is 9.10. The molecule has 0 unspecified atom stereocenters. The van der Waals surface area contributed by atoms with E-state index in [0.29, 0.717) is 0 Å². The minimum Gasteiger partial charge on any atom is -0.315 e. The van der Waals surface area contributed by atoms with Crippen LogP contribution in [0.25, 0.3) is 0 Å². The fraction of sp³-hybridized carbons (Fsp3) is 0.462. The van der Waals surface area contributed by atoms with E-state index in [0.717, 1.165) is 41.4 Å². The molecule has 2 aromatic rings. The Balaban J connectivity index is 1.83. The summed E-state index contributed by atoms with van der Waals surface area (Å²) in [5.74, 6) is 0.871. The molecule has 1 heterocycles. The molecule has 0 saturated heterocycles. The number of benzene rings is 1. The summed E-state index contributed by atoms with van der Waals surface area (Å²) in [6, 6.07) is 8.31. The summed E-state index contributed by atoms with van der Waals surface area (Å²) in [4.78, 5) is 0. The molecule has 0 atom stereocenters. The van der Waals surface area contributed by atoms with E-state index in [-0.39, 0.29) is 0 Å². The number of tetrazole rings is 1. The maximum atomic E-state index is 4.08. The molecular weight excluding hydrogens is 338 g/mol. The zero-order chi connectivity index (χ0) is 14.2. The van der Waals surface area contributed by atoms with Gasteiger partial charge in [0.2, 0.25) is 5.16 Å². The Labute approximate surface area is 131 Å². The molecule has 0 spiro atoms. The van der Waals surface area contributed by atoms with E-state index in [1.54, 1.807) is 11.8 Å². The zero-order valence-corrected chi connectivity index (χ0v) is 13.8. The standard InChI is InChI=1S/C13H18BrN5S/c1-2-7-15-8-9-19-13(16-17-18-19)20-10-11-3-5-12(14)6-4-11/h3-6,15H,2,7-10H2,1H3. The lowest BCUT2D eigenvalue weighted by atomic mass is 10.2. The lowest BCUT2D eigenvalue weighted by Crippen LogP contribution is -2.21. The van der Waals surface area contributed by atoms with Crippen molar-refractivity contribution in [3.8, 4) is 0 Å². The fourth-order valence-electron chi connectivity index (χ4n) is 1.66. The minimum absolute atomic E-state index is 0.801. The van der Waals surface area contributed by atoms with Gasteiger partial charge in [-0.05, 0) is 41.1 Å². The molecule has 2 rings (SSSR count). The van der Waals surface area contributed by atoms with Crippen molar-refractivity contribution in [3.05, 3.63) is 34.3 Å². The first-order valence-corrected chi connectivity index (χ1v) is 8.41. The lowest BCUT2D eigenvalue weighted by molar-refractivity contribution is 0.510. The van der Waals surface area contributed by atoms with Gasteiger partial charge in [0.25, 0.3) is 0 Å². The van der Waals surface area contributed by atoms with Gasteiger partial charge in [-0.25, -0.2) is 4.68 Å². The molecule has 1 aromatic carbocycles. The molecule has 1 aromatic heterocycles. The predicted molar refractivity (Wildman–Crippen MR) is 84.7 cm³/mol. The van der Waals surface area contributed by atoms with Crippen molar-refractivity contribution in [3.63, 3.8) is 0 Å². The summed E-state index contributed by atoms with van der Waals surface area (Å²) in [6.07, 6.45) is 1.14. The molecule has 0 radical (unpaired) electrons. The quantitative estimate of drug-likeness (QED) is 0.582. The number of halogens is 1. The number of rotatable bonds is 8. The Morgan fingerprint density at radius 1 is 1.25 bits per heavy atom. The summed E-state index contributed by atoms with van der Waals surface area (Å²) in [5, 5.41) is 16.1. The number of nitrogens with one attached hydrogen (secondary N) is 1. The molecule has 0 aliphatic carbocycles. The van der Waals surface area contributed by atoms with Gasteiger partial charge in [0, 0.05) is 16.8 Å². The minimum atomic E-state index is 0.801. The molecule has 0 fully saturated rings. The molecule has 0 saturated carbocycles. The van der Waals surface area contributed by atoms with E-state index in [4.69, 9.17) is 0 Å². The van der Waals surface area contributed by atoms with Crippen molar-refractivity contribution in [1.29, 1.82) is 0 Å². The zero-order valence-electron chi connectivity index (χ0n) is 11.4. The van der Waals surface area contributed by atoms with Crippen LogP contribution in [0.4, 0.5) is 0 Å². The fourth-order valence-corrected chi connectivity index (χ4v) is 2.78. The maximum Gasteiger partial charge on any atom is 0.209 e. The second kappa shape index (κ2) is 8.39. The predicted octanol–water partition coefficient (Wildman–Crippen LogP) is 2.73. The summed E-state index contributed by atoms with van der Waals surface area (Å²) in [6.45, 7) is 4.88. The van der Waals surface area contributed by atoms with Gasteiger partial charge in [0.15, 0.2) is 0 Å². The van der Waals surface area contributed by atoms with Crippen LogP contribution in [0.3, 0.4) is 0 Å². The van der Waals surface area contributed by atoms with Crippen LogP contribution >= 0.6 is 27.7 Å². The molecule has 20 heavy (non-hydrogen) atoms. The monoisotopic (exact) mass is 355 g/mol. The summed E-state index contributed by atoms with van der Waals surface area (Å²) in [5.41, 5.74) is 1.26. The normalized spacial score (nSPS) is 10.9. The van der Waals surface area contributed by atoms with Crippen LogP contribution in [0, 0.1) is 0 Å². The molecule has 7 heteroatoms. The van der Waals surface area contributed by atoms with Gasteiger partial charge in [-0.3, -0.25) is 0 Å². The molecule has 5 nitrogen and oxygen atoms in total. The van der Waals surface area contributed by atoms with Crippen molar-refractivity contribution in [1.82, 2.24) is 25.5 Å². The maximum absolute atomic E-state index is 4.08. The molecule has 0 aliphatic rings. The largest absolute Gasteiger partial charge is 0.315 e. The van der Waals surface area contributed by atoms with E-state index in [1.807, 2.05) is 16.8 Å². The average Bonchev–Trinajstić information content (AvgIpc) is 2.90. The lowest BCUT2D eigenvalue weighted by Gasteiger charge is -2.05. The van der Waals surface area contributed by atoms with Gasteiger partial charge in [-0.1, -0.05) is 46.7 Å². The second-order valence-corrected chi connectivity index (χ2v) is 6.21. The third kappa shape index (κ3) is 4.88. The number of thioether (sulfide) groups is 1. The van der Waals surface area contributed by atoms with Crippen LogP contribution in [-0.4, -0.2) is 33.3 Å². The number of nitrogens with zero attached hydrogens (tertiary/aromatic N) is 4. The van der Waals surface area contributed by atoms with Gasteiger partial charge in [0.05, 0.1) is 6.54 Å². The first-order valence-electron chi connectivity index (χ1n) is 6.63. The van der Waals surface area contributed by atoms with E-state index < -0.39 is 0 Å². The third-order valence-corrected chi connectivity index (χ3v) is 4.26. The SMILES string of the molecule is CCCNCCn1nnnc1SCc1ccc(Br)cc1. The average molecular weight is 356 g/mol. The van der Waals surface area contributed by atoms with Crippen LogP contribution in [0.5, 0.6) is 0 Å². The van der Waals surface area contributed by atoms with Crippen LogP contribution in [0.1, 0.15) is 18.9 Å². The Bertz CT molecular complexity index is 514. The number of aromatic nitrogens is 4. The smallest absolute Gasteiger partial charge is 0.209 e. The summed E-state index contributed by atoms with van der Waals surface area (Å²) < 4.78 is 2.95. The number of hydrogen-bond donors (Lipinski definition) is 1. The van der Waals surface area contributed by atoms with E-state index >= 15 is 0 Å². The Morgan fingerprint density at radius 3 is 2.80 bits per heavy atom. The van der Waals surface area contributed by atoms with E-state index in [2.05, 4.69) is 55.8 Å². The van der Waals surface area contributed by atoms with Crippen molar-refractivity contribution >= 4 is 27.7 Å². The third-order valence-electron chi connectivity index (χ3n) is 2.71. The van der Waals surface area contributed by atoms with Gasteiger partial charge < -0.3 is 5.32 Å². The second-order valence-electron chi connectivity index (χ2n) is 4.35. The Hall–Kier alpha value is -0.920. The highest BCUT2D eigenvalue weighted by Gasteiger charge is 2.06. The van der Waals surface area contributed by atoms with Crippen LogP contribution in [0.15, 0.2) is 33.9 Å². The van der Waals surface area contributed by atoms with Crippen molar-refractivity contribution in [2.24, 2.45) is 0 Å². The van der Waals surface area contributed by atoms with E-state index in [9.17, 15) is 0 Å². The molecule has 0 amide bonds. The van der Waals surface area contributed by atoms with Gasteiger partial charge >= 0.3 is 0 Å². The number of hydrogen-bond acceptors (Lipinski definition) is 5. The van der Waals surface area contributed by atoms with Gasteiger partial charge in [-0.2, -0.15) is 0 Å². The molecular formula is C13H18BrN5S. The molecule has 0 aliphatic heterocycles. The van der Waals surface area contributed by atoms with Crippen LogP contribution in [0.2, 0.25) is 0 Å². The van der Waals surface area contributed by atoms with Crippen LogP contribution < -0.4 is 5.32 Å². The van der Waals surface area contributed by atoms with Crippen LogP contribution in [-0.2, 0) is 12.3 Å². The topological polar surface area (TPSA) is 55.6 Å². The van der Waals surface area contributed by atoms with Crippen molar-refractivity contribution in [2.45, 2.75) is 30.8 Å². The highest BCUT2D eigenvalue weighted by Crippen LogP contribution is 2.21. The van der Waals surface area contributed by atoms with Gasteiger partial charge in [0.1, 0.15) is 0 Å². The van der Waals surface area contributed by atoms with E-state index in [1.165, 1.54) is 5.56 Å². The Kier molecular flexibility index (Phi) is 6.49. The molecule has 108 valence electrons. The first-order chi connectivity index (χ1) is 9.79. The summed E-state index contributed by atoms with van der Waals surface area (Å²) >= 11 is 5.10. The van der Waals surface area contributed by atoms with Gasteiger partial charge in [-0.15, -0.1) is 5.10 Å². The Morgan fingerprint density at radius 2 is 2.05 bits per heavy atom. The van der Waals surface area contributed by atoms with Crippen molar-refractivity contribution < 1.29 is 0 Å². The van der Waals surface area contributed by atoms with Crippen molar-refractivity contribution in [2.75, 3.05) is 13.1 Å². The molecule has 1 N–H and O–H groups in total. The highest BCUT2D eigenvalue weighted by atomic mass is 79.9. The first kappa shape index (κ1) is 15.5. The summed E-state index contributed by atoms with van der Waals surface area (Å²) in [7, 11) is 0.